The molecular formula is C12H12FN3O2. The summed E-state index contributed by atoms with van der Waals surface area (Å²) in [4.78, 5) is 12.7. The molecule has 1 aliphatic rings. The number of carboxylic acid groups (broad SMARTS) is 1. The second-order valence-corrected chi connectivity index (χ2v) is 4.06. The molecule has 1 fully saturated rings. The molecule has 0 spiro atoms. The van der Waals surface area contributed by atoms with E-state index in [0.29, 0.717) is 25.3 Å². The number of nitrogens with zero attached hydrogens (tertiary/aromatic N) is 2. The van der Waals surface area contributed by atoms with Gasteiger partial charge in [0.2, 0.25) is 0 Å². The number of hydrogen-bond acceptors (Lipinski definition) is 4. The molecule has 1 aliphatic heterocycles. The molecule has 2 rings (SSSR count). The van der Waals surface area contributed by atoms with Gasteiger partial charge in [-0.05, 0) is 18.2 Å². The maximum Gasteiger partial charge on any atom is 0.327 e. The lowest BCUT2D eigenvalue weighted by Crippen LogP contribution is -2.55. The van der Waals surface area contributed by atoms with Crippen molar-refractivity contribution in [2.24, 2.45) is 0 Å². The van der Waals surface area contributed by atoms with E-state index in [1.54, 1.807) is 4.90 Å². The number of nitrogens with one attached hydrogen (secondary N) is 1. The highest BCUT2D eigenvalue weighted by molar-refractivity contribution is 5.79. The van der Waals surface area contributed by atoms with Crippen LogP contribution in [0.15, 0.2) is 18.2 Å². The fraction of sp³-hybridized carbons (Fsp3) is 0.333. The Bertz CT molecular complexity index is 513. The zero-order valence-electron chi connectivity index (χ0n) is 9.56. The van der Waals surface area contributed by atoms with Gasteiger partial charge in [0.25, 0.3) is 0 Å². The molecule has 5 nitrogen and oxygen atoms in total. The zero-order chi connectivity index (χ0) is 13.1. The van der Waals surface area contributed by atoms with Crippen LogP contribution in [0.2, 0.25) is 0 Å². The lowest BCUT2D eigenvalue weighted by molar-refractivity contribution is -0.138. The predicted octanol–water partition coefficient (Wildman–Crippen LogP) is 0.560. The van der Waals surface area contributed by atoms with Gasteiger partial charge in [0.15, 0.2) is 0 Å². The molecule has 94 valence electrons. The summed E-state index contributed by atoms with van der Waals surface area (Å²) in [6.45, 7) is 1.39. The van der Waals surface area contributed by atoms with E-state index in [4.69, 9.17) is 10.4 Å². The highest BCUT2D eigenvalue weighted by Gasteiger charge is 2.28. The van der Waals surface area contributed by atoms with Gasteiger partial charge in [-0.15, -0.1) is 0 Å². The van der Waals surface area contributed by atoms with E-state index in [1.165, 1.54) is 12.1 Å². The minimum absolute atomic E-state index is 0.188. The monoisotopic (exact) mass is 249 g/mol. The number of carbonyl (C=O) groups is 1. The Kier molecular flexibility index (Phi) is 3.44. The van der Waals surface area contributed by atoms with Crippen molar-refractivity contribution < 1.29 is 14.3 Å². The SMILES string of the molecule is N#Cc1cc(F)cc(N2CCNCC2C(=O)O)c1. The summed E-state index contributed by atoms with van der Waals surface area (Å²) in [5.41, 5.74) is 0.619. The Morgan fingerprint density at radius 3 is 3.00 bits per heavy atom. The number of aliphatic carboxylic acids is 1. The molecule has 1 atom stereocenters. The van der Waals surface area contributed by atoms with E-state index in [2.05, 4.69) is 5.32 Å². The third kappa shape index (κ3) is 2.41. The fourth-order valence-electron chi connectivity index (χ4n) is 2.04. The Hall–Kier alpha value is -2.13. The van der Waals surface area contributed by atoms with Crippen molar-refractivity contribution in [1.29, 1.82) is 5.26 Å². The molecule has 2 N–H and O–H groups in total. The molecule has 0 bridgehead atoms. The quantitative estimate of drug-likeness (QED) is 0.801. The first-order valence-corrected chi connectivity index (χ1v) is 5.52. The first kappa shape index (κ1) is 12.3. The predicted molar refractivity (Wildman–Crippen MR) is 62.8 cm³/mol. The lowest BCUT2D eigenvalue weighted by Gasteiger charge is -2.35. The third-order valence-electron chi connectivity index (χ3n) is 2.87. The molecule has 0 amide bonds. The average Bonchev–Trinajstić information content (AvgIpc) is 2.38. The molecule has 1 saturated heterocycles. The largest absolute Gasteiger partial charge is 0.480 e. The van der Waals surface area contributed by atoms with Gasteiger partial charge in [-0.1, -0.05) is 0 Å². The number of piperazine rings is 1. The van der Waals surface area contributed by atoms with Gasteiger partial charge in [0.05, 0.1) is 11.6 Å². The molecule has 0 saturated carbocycles. The molecule has 1 unspecified atom stereocenters. The Morgan fingerprint density at radius 2 is 2.33 bits per heavy atom. The standard InChI is InChI=1S/C12H12FN3O2/c13-9-3-8(6-14)4-10(5-9)16-2-1-15-7-11(16)12(17)18/h3-5,11,15H,1-2,7H2,(H,17,18). The number of rotatable bonds is 2. The third-order valence-corrected chi connectivity index (χ3v) is 2.87. The molecule has 1 heterocycles. The number of hydrogen-bond donors (Lipinski definition) is 2. The van der Waals surface area contributed by atoms with Crippen molar-refractivity contribution in [3.63, 3.8) is 0 Å². The number of nitriles is 1. The minimum Gasteiger partial charge on any atom is -0.480 e. The van der Waals surface area contributed by atoms with Gasteiger partial charge in [0, 0.05) is 25.3 Å². The van der Waals surface area contributed by atoms with Crippen LogP contribution < -0.4 is 10.2 Å². The van der Waals surface area contributed by atoms with Gasteiger partial charge in [-0.2, -0.15) is 5.26 Å². The van der Waals surface area contributed by atoms with Crippen LogP contribution in [0, 0.1) is 17.1 Å². The van der Waals surface area contributed by atoms with Crippen LogP contribution in [-0.2, 0) is 4.79 Å². The topological polar surface area (TPSA) is 76.4 Å². The van der Waals surface area contributed by atoms with Gasteiger partial charge in [0.1, 0.15) is 11.9 Å². The van der Waals surface area contributed by atoms with E-state index < -0.39 is 17.8 Å². The number of halogens is 1. The van der Waals surface area contributed by atoms with Gasteiger partial charge in [-0.25, -0.2) is 9.18 Å². The summed E-state index contributed by atoms with van der Waals surface area (Å²) in [7, 11) is 0. The first-order valence-electron chi connectivity index (χ1n) is 5.52. The van der Waals surface area contributed by atoms with E-state index in [-0.39, 0.29) is 5.56 Å². The fourth-order valence-corrected chi connectivity index (χ4v) is 2.04. The first-order chi connectivity index (χ1) is 8.61. The average molecular weight is 249 g/mol. The Balaban J connectivity index is 2.36. The highest BCUT2D eigenvalue weighted by Crippen LogP contribution is 2.21. The van der Waals surface area contributed by atoms with Gasteiger partial charge in [-0.3, -0.25) is 0 Å². The number of anilines is 1. The molecular weight excluding hydrogens is 237 g/mol. The van der Waals surface area contributed by atoms with Crippen LogP contribution in [0.4, 0.5) is 10.1 Å². The zero-order valence-corrected chi connectivity index (χ0v) is 9.56. The maximum absolute atomic E-state index is 13.4. The van der Waals surface area contributed by atoms with Crippen molar-refractivity contribution in [2.45, 2.75) is 6.04 Å². The summed E-state index contributed by atoms with van der Waals surface area (Å²) < 4.78 is 13.4. The van der Waals surface area contributed by atoms with Crippen molar-refractivity contribution in [3.05, 3.63) is 29.6 Å². The Morgan fingerprint density at radius 1 is 1.56 bits per heavy atom. The van der Waals surface area contributed by atoms with Crippen molar-refractivity contribution in [2.75, 3.05) is 24.5 Å². The highest BCUT2D eigenvalue weighted by atomic mass is 19.1. The summed E-state index contributed by atoms with van der Waals surface area (Å²) in [6.07, 6.45) is 0. The van der Waals surface area contributed by atoms with Crippen LogP contribution in [-0.4, -0.2) is 36.8 Å². The molecule has 1 aromatic carbocycles. The van der Waals surface area contributed by atoms with Crippen molar-refractivity contribution in [3.8, 4) is 6.07 Å². The van der Waals surface area contributed by atoms with E-state index >= 15 is 0 Å². The molecule has 6 heteroatoms. The van der Waals surface area contributed by atoms with E-state index in [0.717, 1.165) is 6.07 Å². The molecule has 0 aromatic heterocycles. The van der Waals surface area contributed by atoms with Crippen LogP contribution in [0.5, 0.6) is 0 Å². The molecule has 0 aliphatic carbocycles. The summed E-state index contributed by atoms with van der Waals surface area (Å²) in [6, 6.07) is 5.00. The smallest absolute Gasteiger partial charge is 0.327 e. The summed E-state index contributed by atoms with van der Waals surface area (Å²) in [5.74, 6) is -1.50. The lowest BCUT2D eigenvalue weighted by atomic mass is 10.1. The minimum atomic E-state index is -0.968. The maximum atomic E-state index is 13.4. The van der Waals surface area contributed by atoms with Crippen LogP contribution >= 0.6 is 0 Å². The molecule has 0 radical (unpaired) electrons. The van der Waals surface area contributed by atoms with E-state index in [1.807, 2.05) is 6.07 Å². The van der Waals surface area contributed by atoms with Crippen molar-refractivity contribution >= 4 is 11.7 Å². The van der Waals surface area contributed by atoms with Gasteiger partial charge < -0.3 is 15.3 Å². The van der Waals surface area contributed by atoms with E-state index in [9.17, 15) is 9.18 Å². The second-order valence-electron chi connectivity index (χ2n) is 4.06. The second kappa shape index (κ2) is 5.02. The number of carboxylic acids is 1. The Labute approximate surface area is 103 Å². The van der Waals surface area contributed by atoms with Crippen LogP contribution in [0.25, 0.3) is 0 Å². The molecule has 1 aromatic rings. The van der Waals surface area contributed by atoms with Gasteiger partial charge >= 0.3 is 5.97 Å². The normalized spacial score (nSPS) is 19.3. The van der Waals surface area contributed by atoms with Crippen molar-refractivity contribution in [1.82, 2.24) is 5.32 Å². The molecule has 18 heavy (non-hydrogen) atoms. The van der Waals surface area contributed by atoms with Crippen LogP contribution in [0.1, 0.15) is 5.56 Å². The summed E-state index contributed by atoms with van der Waals surface area (Å²) >= 11 is 0. The number of benzene rings is 1. The van der Waals surface area contributed by atoms with Crippen LogP contribution in [0.3, 0.4) is 0 Å². The summed E-state index contributed by atoms with van der Waals surface area (Å²) in [5, 5.41) is 20.9.